The SMILES string of the molecule is Nc1nc(Cl)nc(NCCO)c1[N+](=O)[O-]. The van der Waals surface area contributed by atoms with Gasteiger partial charge in [0.2, 0.25) is 16.9 Å². The zero-order chi connectivity index (χ0) is 11.4. The topological polar surface area (TPSA) is 127 Å². The van der Waals surface area contributed by atoms with E-state index in [4.69, 9.17) is 22.4 Å². The molecular formula is C6H8ClN5O3. The first-order chi connectivity index (χ1) is 7.06. The molecule has 0 fully saturated rings. The van der Waals surface area contributed by atoms with Crippen molar-refractivity contribution in [1.82, 2.24) is 9.97 Å². The molecule has 0 aliphatic carbocycles. The molecule has 0 radical (unpaired) electrons. The Bertz CT molecular complexity index is 385. The number of nitrogens with one attached hydrogen (secondary N) is 1. The first-order valence-electron chi connectivity index (χ1n) is 3.88. The number of hydrogen-bond donors (Lipinski definition) is 3. The summed E-state index contributed by atoms with van der Waals surface area (Å²) in [7, 11) is 0. The van der Waals surface area contributed by atoms with Crippen molar-refractivity contribution in [1.29, 1.82) is 0 Å². The van der Waals surface area contributed by atoms with Gasteiger partial charge in [0.25, 0.3) is 0 Å². The molecule has 0 unspecified atom stereocenters. The van der Waals surface area contributed by atoms with Crippen LogP contribution in [0, 0.1) is 10.1 Å². The minimum absolute atomic E-state index is 0.105. The normalized spacial score (nSPS) is 10.0. The number of hydrogen-bond acceptors (Lipinski definition) is 7. The summed E-state index contributed by atoms with van der Waals surface area (Å²) in [5.74, 6) is -0.424. The van der Waals surface area contributed by atoms with Crippen LogP contribution in [0.1, 0.15) is 0 Å². The predicted octanol–water partition coefficient (Wildman–Crippen LogP) is 0.0246. The largest absolute Gasteiger partial charge is 0.395 e. The molecule has 0 atom stereocenters. The average molecular weight is 234 g/mol. The lowest BCUT2D eigenvalue weighted by Gasteiger charge is -2.05. The molecule has 0 aliphatic rings. The van der Waals surface area contributed by atoms with E-state index < -0.39 is 10.6 Å². The summed E-state index contributed by atoms with van der Waals surface area (Å²) in [6, 6.07) is 0. The van der Waals surface area contributed by atoms with Crippen LogP contribution in [0.2, 0.25) is 5.28 Å². The summed E-state index contributed by atoms with van der Waals surface area (Å²) >= 11 is 5.48. The van der Waals surface area contributed by atoms with Crippen molar-refractivity contribution in [2.75, 3.05) is 24.2 Å². The van der Waals surface area contributed by atoms with Crippen molar-refractivity contribution in [3.8, 4) is 0 Å². The number of halogens is 1. The van der Waals surface area contributed by atoms with Gasteiger partial charge in [0.1, 0.15) is 0 Å². The lowest BCUT2D eigenvalue weighted by Crippen LogP contribution is -2.11. The zero-order valence-electron chi connectivity index (χ0n) is 7.47. The number of aliphatic hydroxyl groups is 1. The highest BCUT2D eigenvalue weighted by Crippen LogP contribution is 2.28. The summed E-state index contributed by atoms with van der Waals surface area (Å²) in [6.07, 6.45) is 0. The lowest BCUT2D eigenvalue weighted by atomic mass is 10.4. The van der Waals surface area contributed by atoms with E-state index in [1.807, 2.05) is 0 Å². The first-order valence-corrected chi connectivity index (χ1v) is 4.26. The second-order valence-electron chi connectivity index (χ2n) is 2.48. The predicted molar refractivity (Wildman–Crippen MR) is 53.7 cm³/mol. The van der Waals surface area contributed by atoms with Gasteiger partial charge in [-0.3, -0.25) is 10.1 Å². The molecule has 1 heterocycles. The molecule has 4 N–H and O–H groups in total. The highest BCUT2D eigenvalue weighted by atomic mass is 35.5. The van der Waals surface area contributed by atoms with Gasteiger partial charge in [-0.05, 0) is 11.6 Å². The summed E-state index contributed by atoms with van der Waals surface area (Å²) in [5.41, 5.74) is 4.86. The Morgan fingerprint density at radius 2 is 2.27 bits per heavy atom. The van der Waals surface area contributed by atoms with Crippen LogP contribution in [-0.4, -0.2) is 33.1 Å². The third-order valence-corrected chi connectivity index (χ3v) is 1.64. The molecule has 1 aromatic heterocycles. The smallest absolute Gasteiger partial charge is 0.353 e. The molecule has 1 rings (SSSR count). The van der Waals surface area contributed by atoms with Crippen molar-refractivity contribution in [3.63, 3.8) is 0 Å². The van der Waals surface area contributed by atoms with Gasteiger partial charge in [0, 0.05) is 6.54 Å². The van der Waals surface area contributed by atoms with Crippen LogP contribution < -0.4 is 11.1 Å². The number of aliphatic hydroxyl groups excluding tert-OH is 1. The number of nitrogens with zero attached hydrogens (tertiary/aromatic N) is 3. The Labute approximate surface area is 89.2 Å². The van der Waals surface area contributed by atoms with Crippen LogP contribution in [0.25, 0.3) is 0 Å². The maximum absolute atomic E-state index is 10.6. The molecule has 0 saturated carbocycles. The molecule has 15 heavy (non-hydrogen) atoms. The van der Waals surface area contributed by atoms with Gasteiger partial charge >= 0.3 is 5.69 Å². The maximum Gasteiger partial charge on any atom is 0.353 e. The van der Waals surface area contributed by atoms with Gasteiger partial charge in [0.15, 0.2) is 0 Å². The molecule has 0 amide bonds. The van der Waals surface area contributed by atoms with Crippen LogP contribution in [-0.2, 0) is 0 Å². The van der Waals surface area contributed by atoms with Gasteiger partial charge in [0.05, 0.1) is 11.5 Å². The Kier molecular flexibility index (Phi) is 3.58. The monoisotopic (exact) mass is 233 g/mol. The Hall–Kier alpha value is -1.67. The van der Waals surface area contributed by atoms with E-state index in [0.717, 1.165) is 0 Å². The van der Waals surface area contributed by atoms with E-state index in [-0.39, 0.29) is 30.1 Å². The van der Waals surface area contributed by atoms with Crippen molar-refractivity contribution in [3.05, 3.63) is 15.4 Å². The minimum Gasteiger partial charge on any atom is -0.395 e. The third-order valence-electron chi connectivity index (χ3n) is 1.47. The molecule has 0 aliphatic heterocycles. The number of nitro groups is 1. The summed E-state index contributed by atoms with van der Waals surface area (Å²) in [6.45, 7) is -0.0910. The minimum atomic E-state index is -0.717. The molecule has 9 heteroatoms. The molecule has 1 aromatic rings. The maximum atomic E-state index is 10.6. The van der Waals surface area contributed by atoms with Gasteiger partial charge < -0.3 is 16.2 Å². The van der Waals surface area contributed by atoms with Crippen LogP contribution in [0.3, 0.4) is 0 Å². The highest BCUT2D eigenvalue weighted by molar-refractivity contribution is 6.28. The fraction of sp³-hybridized carbons (Fsp3) is 0.333. The van der Waals surface area contributed by atoms with Crippen molar-refractivity contribution in [2.24, 2.45) is 0 Å². The van der Waals surface area contributed by atoms with E-state index in [0.29, 0.717) is 0 Å². The fourth-order valence-corrected chi connectivity index (χ4v) is 1.10. The van der Waals surface area contributed by atoms with E-state index in [2.05, 4.69) is 15.3 Å². The highest BCUT2D eigenvalue weighted by Gasteiger charge is 2.22. The number of nitrogen functional groups attached to an aromatic ring is 1. The van der Waals surface area contributed by atoms with Crippen LogP contribution in [0.4, 0.5) is 17.3 Å². The van der Waals surface area contributed by atoms with E-state index in [9.17, 15) is 10.1 Å². The average Bonchev–Trinajstić information content (AvgIpc) is 2.12. The van der Waals surface area contributed by atoms with Gasteiger partial charge in [-0.15, -0.1) is 0 Å². The zero-order valence-corrected chi connectivity index (χ0v) is 8.23. The second kappa shape index (κ2) is 4.71. The lowest BCUT2D eigenvalue weighted by molar-refractivity contribution is -0.383. The van der Waals surface area contributed by atoms with Gasteiger partial charge in [-0.2, -0.15) is 9.97 Å². The van der Waals surface area contributed by atoms with E-state index in [1.165, 1.54) is 0 Å². The number of anilines is 2. The van der Waals surface area contributed by atoms with Crippen LogP contribution in [0.5, 0.6) is 0 Å². The van der Waals surface area contributed by atoms with Gasteiger partial charge in [-0.1, -0.05) is 0 Å². The standard InChI is InChI=1S/C6H8ClN5O3/c7-6-10-4(8)3(12(14)15)5(11-6)9-1-2-13/h13H,1-2H2,(H3,8,9,10,11). The summed E-state index contributed by atoms with van der Waals surface area (Å²) in [5, 5.41) is 21.5. The van der Waals surface area contributed by atoms with Crippen molar-refractivity contribution < 1.29 is 10.0 Å². The number of nitrogens with two attached hydrogens (primary N) is 1. The second-order valence-corrected chi connectivity index (χ2v) is 2.82. The molecule has 0 bridgehead atoms. The Morgan fingerprint density at radius 1 is 1.60 bits per heavy atom. The Morgan fingerprint density at radius 3 is 2.80 bits per heavy atom. The third kappa shape index (κ3) is 2.64. The molecule has 82 valence electrons. The fourth-order valence-electron chi connectivity index (χ4n) is 0.921. The van der Waals surface area contributed by atoms with Crippen LogP contribution >= 0.6 is 11.6 Å². The van der Waals surface area contributed by atoms with E-state index in [1.54, 1.807) is 0 Å². The van der Waals surface area contributed by atoms with E-state index >= 15 is 0 Å². The molecule has 0 spiro atoms. The first kappa shape index (κ1) is 11.4. The molecule has 0 aromatic carbocycles. The molecule has 0 saturated heterocycles. The number of aromatic nitrogens is 2. The summed E-state index contributed by atoms with van der Waals surface area (Å²) in [4.78, 5) is 17.0. The quantitative estimate of drug-likeness (QED) is 0.380. The van der Waals surface area contributed by atoms with Crippen molar-refractivity contribution in [2.45, 2.75) is 0 Å². The molecular weight excluding hydrogens is 226 g/mol. The number of rotatable bonds is 4. The van der Waals surface area contributed by atoms with Gasteiger partial charge in [-0.25, -0.2) is 0 Å². The van der Waals surface area contributed by atoms with Crippen LogP contribution in [0.15, 0.2) is 0 Å². The van der Waals surface area contributed by atoms with Crippen molar-refractivity contribution >= 4 is 28.9 Å². The molecule has 8 nitrogen and oxygen atoms in total. The Balaban J connectivity index is 3.14. The summed E-state index contributed by atoms with van der Waals surface area (Å²) < 4.78 is 0.